The minimum Gasteiger partial charge on any atom is -0.444 e. The molecule has 9 nitrogen and oxygen atoms in total. The molecule has 2 aliphatic heterocycles. The van der Waals surface area contributed by atoms with E-state index in [1.54, 1.807) is 11.1 Å². The highest BCUT2D eigenvalue weighted by atomic mass is 16.6. The minimum atomic E-state index is -0.495. The van der Waals surface area contributed by atoms with Crippen LogP contribution >= 0.6 is 0 Å². The second kappa shape index (κ2) is 8.90. The van der Waals surface area contributed by atoms with Gasteiger partial charge in [0.2, 0.25) is 0 Å². The topological polar surface area (TPSA) is 95.5 Å². The average molecular weight is 442 g/mol. The van der Waals surface area contributed by atoms with Gasteiger partial charge < -0.3 is 18.9 Å². The third kappa shape index (κ3) is 4.77. The van der Waals surface area contributed by atoms with Gasteiger partial charge in [-0.25, -0.2) is 4.79 Å². The molecule has 4 heterocycles. The van der Waals surface area contributed by atoms with Gasteiger partial charge in [-0.1, -0.05) is 17.8 Å². The van der Waals surface area contributed by atoms with Gasteiger partial charge in [0.1, 0.15) is 5.60 Å². The van der Waals surface area contributed by atoms with Crippen molar-refractivity contribution in [1.82, 2.24) is 24.8 Å². The predicted molar refractivity (Wildman–Crippen MR) is 119 cm³/mol. The van der Waals surface area contributed by atoms with E-state index >= 15 is 0 Å². The molecule has 0 radical (unpaired) electrons. The molecule has 0 atom stereocenters. The van der Waals surface area contributed by atoms with Crippen LogP contribution in [-0.2, 0) is 9.47 Å². The molecule has 4 rings (SSSR count). The maximum absolute atomic E-state index is 12.3. The van der Waals surface area contributed by atoms with Crippen LogP contribution in [0.4, 0.5) is 4.79 Å². The molecule has 0 N–H and O–H groups in total. The number of likely N-dealkylation sites (tertiary alicyclic amines) is 1. The molecular formula is C23H31N5O4. The Morgan fingerprint density at radius 2 is 2.00 bits per heavy atom. The monoisotopic (exact) mass is 441 g/mol. The van der Waals surface area contributed by atoms with Crippen LogP contribution in [-0.4, -0.2) is 62.8 Å². The van der Waals surface area contributed by atoms with E-state index < -0.39 is 5.60 Å². The second-order valence-electron chi connectivity index (χ2n) is 9.28. The van der Waals surface area contributed by atoms with Gasteiger partial charge in [0.05, 0.1) is 30.8 Å². The number of aromatic nitrogens is 4. The van der Waals surface area contributed by atoms with Crippen LogP contribution in [0.5, 0.6) is 0 Å². The lowest BCUT2D eigenvalue weighted by atomic mass is 9.96. The molecule has 172 valence electrons. The lowest BCUT2D eigenvalue weighted by Crippen LogP contribution is -2.41. The van der Waals surface area contributed by atoms with E-state index in [0.29, 0.717) is 38.0 Å². The lowest BCUT2D eigenvalue weighted by molar-refractivity contribution is -0.0299. The molecule has 2 aromatic rings. The van der Waals surface area contributed by atoms with Gasteiger partial charge in [-0.05, 0) is 46.6 Å². The van der Waals surface area contributed by atoms with Crippen molar-refractivity contribution in [3.05, 3.63) is 34.6 Å². The molecule has 32 heavy (non-hydrogen) atoms. The van der Waals surface area contributed by atoms with E-state index in [-0.39, 0.29) is 18.1 Å². The maximum Gasteiger partial charge on any atom is 0.410 e. The van der Waals surface area contributed by atoms with E-state index in [1.807, 2.05) is 44.5 Å². The molecule has 9 heteroatoms. The SMILES string of the molecule is C=c1cnn(C2COC2)/c1=C/C(=C\C)c1nc(C2CCN(C(=O)OC(C)(C)C)CC2)no1. The number of allylic oxidation sites excluding steroid dienone is 2. The lowest BCUT2D eigenvalue weighted by Gasteiger charge is -2.32. The summed E-state index contributed by atoms with van der Waals surface area (Å²) in [5.41, 5.74) is 0.326. The zero-order chi connectivity index (χ0) is 22.9. The van der Waals surface area contributed by atoms with Crippen LogP contribution < -0.4 is 10.6 Å². The van der Waals surface area contributed by atoms with Crippen molar-refractivity contribution in [2.75, 3.05) is 26.3 Å². The van der Waals surface area contributed by atoms with Crippen molar-refractivity contribution >= 4 is 24.3 Å². The molecule has 1 amide bonds. The summed E-state index contributed by atoms with van der Waals surface area (Å²) >= 11 is 0. The van der Waals surface area contributed by atoms with Crippen molar-refractivity contribution in [3.63, 3.8) is 0 Å². The standard InChI is InChI=1S/C23H31N5O4/c1-6-16(11-19-15(2)12-24-28(19)18-13-30-14-18)21-25-20(26-32-21)17-7-9-27(10-8-17)22(29)31-23(3,4)5/h6,11-12,17-18H,2,7-10,13-14H2,1,3-5H3/b16-6+,19-11+. The Bertz CT molecular complexity index is 1100. The first kappa shape index (κ1) is 22.3. The number of piperidine rings is 1. The van der Waals surface area contributed by atoms with Crippen LogP contribution in [0.15, 0.2) is 16.8 Å². The van der Waals surface area contributed by atoms with Crippen molar-refractivity contribution in [2.24, 2.45) is 0 Å². The van der Waals surface area contributed by atoms with Crippen LogP contribution in [0.1, 0.15) is 64.2 Å². The van der Waals surface area contributed by atoms with Crippen molar-refractivity contribution in [2.45, 2.75) is 58.1 Å². The Kier molecular flexibility index (Phi) is 6.19. The molecule has 0 aromatic carbocycles. The molecule has 0 spiro atoms. The number of carbonyl (C=O) groups is 1. The Morgan fingerprint density at radius 1 is 1.28 bits per heavy atom. The van der Waals surface area contributed by atoms with E-state index in [0.717, 1.165) is 29.0 Å². The quantitative estimate of drug-likeness (QED) is 0.718. The third-order valence-corrected chi connectivity index (χ3v) is 5.68. The van der Waals surface area contributed by atoms with Crippen molar-refractivity contribution < 1.29 is 18.8 Å². The molecule has 2 aliphatic rings. The highest BCUT2D eigenvalue weighted by Gasteiger charge is 2.30. The number of rotatable bonds is 4. The zero-order valence-electron chi connectivity index (χ0n) is 19.2. The molecule has 0 unspecified atom stereocenters. The van der Waals surface area contributed by atoms with Gasteiger partial charge in [-0.2, -0.15) is 10.1 Å². The van der Waals surface area contributed by atoms with Gasteiger partial charge in [0, 0.05) is 29.8 Å². The van der Waals surface area contributed by atoms with E-state index in [4.69, 9.17) is 14.0 Å². The number of ether oxygens (including phenoxy) is 2. The molecule has 2 saturated heterocycles. The summed E-state index contributed by atoms with van der Waals surface area (Å²) in [5, 5.41) is 10.4. The summed E-state index contributed by atoms with van der Waals surface area (Å²) in [6.45, 7) is 14.2. The summed E-state index contributed by atoms with van der Waals surface area (Å²) in [5.74, 6) is 1.28. The van der Waals surface area contributed by atoms with E-state index in [2.05, 4.69) is 21.8 Å². The number of hydrogen-bond acceptors (Lipinski definition) is 7. The first-order chi connectivity index (χ1) is 15.2. The fourth-order valence-electron chi connectivity index (χ4n) is 3.80. The fraction of sp³-hybridized carbons (Fsp3) is 0.565. The summed E-state index contributed by atoms with van der Waals surface area (Å²) in [7, 11) is 0. The van der Waals surface area contributed by atoms with Crippen molar-refractivity contribution in [3.8, 4) is 0 Å². The van der Waals surface area contributed by atoms with Gasteiger partial charge in [-0.3, -0.25) is 4.68 Å². The molecule has 2 fully saturated rings. The molecule has 2 aromatic heterocycles. The smallest absolute Gasteiger partial charge is 0.410 e. The highest BCUT2D eigenvalue weighted by Crippen LogP contribution is 2.28. The summed E-state index contributed by atoms with van der Waals surface area (Å²) < 4.78 is 18.3. The van der Waals surface area contributed by atoms with Gasteiger partial charge in [0.25, 0.3) is 5.89 Å². The number of hydrogen-bond donors (Lipinski definition) is 0. The van der Waals surface area contributed by atoms with Gasteiger partial charge in [0.15, 0.2) is 5.82 Å². The van der Waals surface area contributed by atoms with Crippen LogP contribution in [0.2, 0.25) is 0 Å². The van der Waals surface area contributed by atoms with Crippen LogP contribution in [0.25, 0.3) is 18.2 Å². The second-order valence-corrected chi connectivity index (χ2v) is 9.28. The first-order valence-electron chi connectivity index (χ1n) is 11.1. The zero-order valence-corrected chi connectivity index (χ0v) is 19.2. The normalized spacial score (nSPS) is 19.3. The molecule has 0 aliphatic carbocycles. The van der Waals surface area contributed by atoms with Crippen LogP contribution in [0.3, 0.4) is 0 Å². The summed E-state index contributed by atoms with van der Waals surface area (Å²) in [6, 6.07) is 0.225. The Balaban J connectivity index is 1.46. The highest BCUT2D eigenvalue weighted by molar-refractivity contribution is 5.84. The van der Waals surface area contributed by atoms with E-state index in [1.165, 1.54) is 0 Å². The average Bonchev–Trinajstić information content (AvgIpc) is 3.32. The number of amides is 1. The Morgan fingerprint density at radius 3 is 2.59 bits per heavy atom. The summed E-state index contributed by atoms with van der Waals surface area (Å²) in [6.07, 6.45) is 6.95. The molecular weight excluding hydrogens is 410 g/mol. The van der Waals surface area contributed by atoms with Crippen molar-refractivity contribution in [1.29, 1.82) is 0 Å². The van der Waals surface area contributed by atoms with E-state index in [9.17, 15) is 4.79 Å². The van der Waals surface area contributed by atoms with Crippen LogP contribution in [0, 0.1) is 0 Å². The van der Waals surface area contributed by atoms with Gasteiger partial charge in [-0.15, -0.1) is 0 Å². The van der Waals surface area contributed by atoms with Gasteiger partial charge >= 0.3 is 6.09 Å². The minimum absolute atomic E-state index is 0.144. The number of nitrogens with zero attached hydrogens (tertiary/aromatic N) is 5. The molecule has 0 bridgehead atoms. The Labute approximate surface area is 187 Å². The first-order valence-corrected chi connectivity index (χ1v) is 11.1. The molecule has 0 saturated carbocycles. The maximum atomic E-state index is 12.3. The third-order valence-electron chi connectivity index (χ3n) is 5.68. The predicted octanol–water partition coefficient (Wildman–Crippen LogP) is 2.25. The fourth-order valence-corrected chi connectivity index (χ4v) is 3.80. The summed E-state index contributed by atoms with van der Waals surface area (Å²) in [4.78, 5) is 18.7. The number of carbonyl (C=O) groups excluding carboxylic acids is 1. The Hall–Kier alpha value is -2.94. The largest absolute Gasteiger partial charge is 0.444 e.